The topological polar surface area (TPSA) is 0 Å². The molecule has 0 nitrogen and oxygen atoms in total. The van der Waals surface area contributed by atoms with E-state index in [4.69, 9.17) is 0 Å². The van der Waals surface area contributed by atoms with Gasteiger partial charge in [-0.25, -0.2) is 0 Å². The van der Waals surface area contributed by atoms with Crippen molar-refractivity contribution in [2.45, 2.75) is 26.7 Å². The zero-order valence-corrected chi connectivity index (χ0v) is 7.72. The molecule has 12 heavy (non-hydrogen) atoms. The Morgan fingerprint density at radius 3 is 1.67 bits per heavy atom. The van der Waals surface area contributed by atoms with E-state index in [1.807, 2.05) is 0 Å². The van der Waals surface area contributed by atoms with Crippen molar-refractivity contribution < 1.29 is 0 Å². The molecule has 0 radical (unpaired) electrons. The quantitative estimate of drug-likeness (QED) is 0.509. The van der Waals surface area contributed by atoms with Crippen LogP contribution in [0.1, 0.15) is 25.0 Å². The summed E-state index contributed by atoms with van der Waals surface area (Å²) in [6, 6.07) is 8.75. The molecule has 2 rings (SSSR count). The second kappa shape index (κ2) is 2.78. The number of fused-ring (bicyclic) bond motifs is 1. The molecule has 1 aliphatic carbocycles. The lowest BCUT2D eigenvalue weighted by Gasteiger charge is -2.18. The fourth-order valence-corrected chi connectivity index (χ4v) is 1.78. The Hall–Kier alpha value is -1.04. The molecule has 0 saturated heterocycles. The van der Waals surface area contributed by atoms with Crippen LogP contribution in [-0.2, 0) is 12.8 Å². The number of hydrogen-bond acceptors (Lipinski definition) is 0. The van der Waals surface area contributed by atoms with E-state index in [1.165, 1.54) is 11.1 Å². The van der Waals surface area contributed by atoms with Gasteiger partial charge in [0.1, 0.15) is 0 Å². The Morgan fingerprint density at radius 2 is 1.25 bits per heavy atom. The molecule has 62 valence electrons. The molecule has 0 saturated carbocycles. The van der Waals surface area contributed by atoms with Gasteiger partial charge in [-0.1, -0.05) is 35.4 Å². The molecule has 0 aromatic heterocycles. The first-order valence-corrected chi connectivity index (χ1v) is 4.49. The number of allylic oxidation sites excluding steroid dienone is 2. The first-order valence-electron chi connectivity index (χ1n) is 4.49. The van der Waals surface area contributed by atoms with Crippen LogP contribution in [0.25, 0.3) is 0 Å². The van der Waals surface area contributed by atoms with Crippen molar-refractivity contribution in [3.8, 4) is 0 Å². The predicted octanol–water partition coefficient (Wildman–Crippen LogP) is 3.12. The molecule has 0 heteroatoms. The molecule has 0 unspecified atom stereocenters. The molecule has 0 atom stereocenters. The smallest absolute Gasteiger partial charge is 0.00643 e. The Morgan fingerprint density at radius 1 is 0.833 bits per heavy atom. The van der Waals surface area contributed by atoms with Gasteiger partial charge < -0.3 is 0 Å². The van der Waals surface area contributed by atoms with Crippen molar-refractivity contribution in [1.29, 1.82) is 0 Å². The van der Waals surface area contributed by atoms with Crippen molar-refractivity contribution in [1.82, 2.24) is 0 Å². The van der Waals surface area contributed by atoms with E-state index >= 15 is 0 Å². The van der Waals surface area contributed by atoms with E-state index in [1.54, 1.807) is 11.1 Å². The van der Waals surface area contributed by atoms with E-state index in [9.17, 15) is 0 Å². The average molecular weight is 158 g/mol. The van der Waals surface area contributed by atoms with Crippen molar-refractivity contribution in [2.24, 2.45) is 0 Å². The third-order valence-corrected chi connectivity index (χ3v) is 2.76. The first kappa shape index (κ1) is 7.60. The van der Waals surface area contributed by atoms with Gasteiger partial charge in [-0.3, -0.25) is 0 Å². The molecule has 0 aliphatic heterocycles. The lowest BCUT2D eigenvalue weighted by Crippen LogP contribution is -2.04. The van der Waals surface area contributed by atoms with E-state index in [0.717, 1.165) is 12.8 Å². The molecule has 0 spiro atoms. The molecule has 1 aromatic carbocycles. The van der Waals surface area contributed by atoms with Gasteiger partial charge in [0.25, 0.3) is 0 Å². The second-order valence-corrected chi connectivity index (χ2v) is 3.68. The summed E-state index contributed by atoms with van der Waals surface area (Å²) in [5, 5.41) is 0. The normalized spacial score (nSPS) is 16.2. The Bertz CT molecular complexity index is 299. The average Bonchev–Trinajstić information content (AvgIpc) is 2.07. The highest BCUT2D eigenvalue weighted by molar-refractivity contribution is 5.39. The molecular formula is C12H14. The van der Waals surface area contributed by atoms with Crippen LogP contribution in [0.15, 0.2) is 35.4 Å². The molecule has 1 aromatic rings. The van der Waals surface area contributed by atoms with Gasteiger partial charge >= 0.3 is 0 Å². The van der Waals surface area contributed by atoms with E-state index in [0.29, 0.717) is 0 Å². The second-order valence-electron chi connectivity index (χ2n) is 3.68. The summed E-state index contributed by atoms with van der Waals surface area (Å²) in [5.41, 5.74) is 6.13. The van der Waals surface area contributed by atoms with Crippen molar-refractivity contribution in [3.05, 3.63) is 46.5 Å². The molecule has 0 N–H and O–H groups in total. The van der Waals surface area contributed by atoms with Crippen molar-refractivity contribution in [3.63, 3.8) is 0 Å². The van der Waals surface area contributed by atoms with Crippen molar-refractivity contribution in [2.75, 3.05) is 0 Å². The van der Waals surface area contributed by atoms with Gasteiger partial charge in [-0.05, 0) is 37.8 Å². The molecule has 0 heterocycles. The first-order chi connectivity index (χ1) is 5.77. The van der Waals surface area contributed by atoms with Crippen LogP contribution < -0.4 is 0 Å². The lowest BCUT2D eigenvalue weighted by molar-refractivity contribution is 0.952. The van der Waals surface area contributed by atoms with Crippen LogP contribution in [0, 0.1) is 0 Å². The summed E-state index contributed by atoms with van der Waals surface area (Å²) in [6.45, 7) is 4.48. The summed E-state index contributed by atoms with van der Waals surface area (Å²) >= 11 is 0. The third-order valence-electron chi connectivity index (χ3n) is 2.76. The van der Waals surface area contributed by atoms with E-state index in [2.05, 4.69) is 38.1 Å². The summed E-state index contributed by atoms with van der Waals surface area (Å²) in [7, 11) is 0. The van der Waals surface area contributed by atoms with Crippen LogP contribution in [0.3, 0.4) is 0 Å². The van der Waals surface area contributed by atoms with Crippen LogP contribution >= 0.6 is 0 Å². The Balaban J connectivity index is 2.43. The maximum atomic E-state index is 2.24. The van der Waals surface area contributed by atoms with Gasteiger partial charge in [0.2, 0.25) is 0 Å². The van der Waals surface area contributed by atoms with Crippen LogP contribution in [0.5, 0.6) is 0 Å². The summed E-state index contributed by atoms with van der Waals surface area (Å²) in [5.74, 6) is 0. The number of rotatable bonds is 0. The van der Waals surface area contributed by atoms with Gasteiger partial charge in [0.15, 0.2) is 0 Å². The standard InChI is InChI=1S/C12H14/c1-9-7-11-5-3-4-6-12(11)8-10(9)2/h3-6H,7-8H2,1-2H3. The highest BCUT2D eigenvalue weighted by Crippen LogP contribution is 2.24. The number of benzene rings is 1. The van der Waals surface area contributed by atoms with Crippen molar-refractivity contribution >= 4 is 0 Å². The third kappa shape index (κ3) is 1.18. The fraction of sp³-hybridized carbons (Fsp3) is 0.333. The zero-order valence-electron chi connectivity index (χ0n) is 7.72. The maximum absolute atomic E-state index is 2.24. The lowest BCUT2D eigenvalue weighted by atomic mass is 9.88. The predicted molar refractivity (Wildman–Crippen MR) is 52.2 cm³/mol. The van der Waals surface area contributed by atoms with Crippen LogP contribution in [0.4, 0.5) is 0 Å². The minimum atomic E-state index is 1.15. The summed E-state index contributed by atoms with van der Waals surface area (Å²) < 4.78 is 0. The fourth-order valence-electron chi connectivity index (χ4n) is 1.78. The molecule has 0 amide bonds. The molecular weight excluding hydrogens is 144 g/mol. The van der Waals surface area contributed by atoms with Gasteiger partial charge in [-0.2, -0.15) is 0 Å². The number of hydrogen-bond donors (Lipinski definition) is 0. The van der Waals surface area contributed by atoms with Gasteiger partial charge in [0.05, 0.1) is 0 Å². The highest BCUT2D eigenvalue weighted by Gasteiger charge is 2.10. The van der Waals surface area contributed by atoms with Crippen LogP contribution in [-0.4, -0.2) is 0 Å². The monoisotopic (exact) mass is 158 g/mol. The largest absolute Gasteiger partial charge is 0.0697 e. The minimum absolute atomic E-state index is 1.15. The maximum Gasteiger partial charge on any atom is -0.00643 e. The van der Waals surface area contributed by atoms with E-state index < -0.39 is 0 Å². The molecule has 0 bridgehead atoms. The van der Waals surface area contributed by atoms with Crippen LogP contribution in [0.2, 0.25) is 0 Å². The minimum Gasteiger partial charge on any atom is -0.0697 e. The Labute approximate surface area is 73.9 Å². The van der Waals surface area contributed by atoms with E-state index in [-0.39, 0.29) is 0 Å². The zero-order chi connectivity index (χ0) is 8.55. The summed E-state index contributed by atoms with van der Waals surface area (Å²) in [6.07, 6.45) is 2.31. The highest BCUT2D eigenvalue weighted by atomic mass is 14.2. The molecule has 1 aliphatic rings. The van der Waals surface area contributed by atoms with Gasteiger partial charge in [-0.15, -0.1) is 0 Å². The molecule has 0 fully saturated rings. The Kier molecular flexibility index (Phi) is 1.76. The SMILES string of the molecule is CC1=C(C)Cc2ccccc2C1. The van der Waals surface area contributed by atoms with Gasteiger partial charge in [0, 0.05) is 0 Å². The summed E-state index contributed by atoms with van der Waals surface area (Å²) in [4.78, 5) is 0.